The first kappa shape index (κ1) is 21.5. The van der Waals surface area contributed by atoms with E-state index in [0.717, 1.165) is 0 Å². The highest BCUT2D eigenvalue weighted by molar-refractivity contribution is 6.22. The minimum Gasteiger partial charge on any atom is -0.445 e. The highest BCUT2D eigenvalue weighted by Gasteiger charge is 2.42. The van der Waals surface area contributed by atoms with E-state index >= 15 is 0 Å². The van der Waals surface area contributed by atoms with Crippen molar-refractivity contribution in [1.82, 2.24) is 15.1 Å². The van der Waals surface area contributed by atoms with Gasteiger partial charge in [-0.2, -0.15) is 0 Å². The zero-order valence-electron chi connectivity index (χ0n) is 17.6. The highest BCUT2D eigenvalue weighted by Crippen LogP contribution is 2.30. The second kappa shape index (κ2) is 8.30. The van der Waals surface area contributed by atoms with E-state index < -0.39 is 5.54 Å². The fourth-order valence-electron chi connectivity index (χ4n) is 3.69. The fraction of sp³-hybridized carbons (Fsp3) is 0.455. The Bertz CT molecular complexity index is 895. The number of ether oxygens (including phenoxy) is 1. The number of nitrogens with zero attached hydrogens (tertiary/aromatic N) is 2. The zero-order valence-corrected chi connectivity index (χ0v) is 17.6. The predicted molar refractivity (Wildman–Crippen MR) is 110 cm³/mol. The molecule has 2 aliphatic rings. The summed E-state index contributed by atoms with van der Waals surface area (Å²) in [5, 5.41) is 2.95. The van der Waals surface area contributed by atoms with Gasteiger partial charge in [-0.1, -0.05) is 12.7 Å². The number of hydrogen-bond donors (Lipinski definition) is 1. The van der Waals surface area contributed by atoms with Gasteiger partial charge in [-0.15, -0.1) is 0 Å². The summed E-state index contributed by atoms with van der Waals surface area (Å²) in [6.07, 6.45) is 2.34. The molecule has 0 aromatic heterocycles. The Balaban J connectivity index is 1.63. The van der Waals surface area contributed by atoms with Crippen molar-refractivity contribution >= 4 is 23.8 Å². The molecule has 8 heteroatoms. The van der Waals surface area contributed by atoms with Crippen molar-refractivity contribution in [3.8, 4) is 0 Å². The van der Waals surface area contributed by atoms with Gasteiger partial charge in [-0.05, 0) is 51.8 Å². The molecule has 3 rings (SSSR count). The van der Waals surface area contributed by atoms with Crippen LogP contribution in [-0.2, 0) is 4.74 Å². The van der Waals surface area contributed by atoms with Crippen molar-refractivity contribution in [3.63, 3.8) is 0 Å². The molecule has 1 fully saturated rings. The number of hydrogen-bond acceptors (Lipinski definition) is 5. The van der Waals surface area contributed by atoms with Crippen LogP contribution in [0.3, 0.4) is 0 Å². The van der Waals surface area contributed by atoms with Crippen molar-refractivity contribution in [2.45, 2.75) is 45.2 Å². The minimum atomic E-state index is -0.642. The topological polar surface area (TPSA) is 96.0 Å². The normalized spacial score (nSPS) is 17.0. The number of amides is 4. The molecule has 30 heavy (non-hydrogen) atoms. The third kappa shape index (κ3) is 4.22. The maximum atomic E-state index is 12.7. The lowest BCUT2D eigenvalue weighted by Crippen LogP contribution is -2.46. The van der Waals surface area contributed by atoms with Gasteiger partial charge in [0, 0.05) is 30.2 Å². The number of imide groups is 1. The summed E-state index contributed by atoms with van der Waals surface area (Å²) in [6, 6.07) is 4.50. The van der Waals surface area contributed by atoms with E-state index in [4.69, 9.17) is 4.74 Å². The average Bonchev–Trinajstić information content (AvgIpc) is 2.96. The van der Waals surface area contributed by atoms with E-state index in [1.54, 1.807) is 31.7 Å². The van der Waals surface area contributed by atoms with Crippen LogP contribution < -0.4 is 5.32 Å². The van der Waals surface area contributed by atoms with E-state index in [-0.39, 0.29) is 42.0 Å². The Morgan fingerprint density at radius 1 is 1.17 bits per heavy atom. The molecule has 0 radical (unpaired) electrons. The quantitative estimate of drug-likeness (QED) is 0.605. The largest absolute Gasteiger partial charge is 0.445 e. The van der Waals surface area contributed by atoms with Gasteiger partial charge in [0.2, 0.25) is 0 Å². The number of likely N-dealkylation sites (tertiary alicyclic amines) is 1. The van der Waals surface area contributed by atoms with Gasteiger partial charge in [0.25, 0.3) is 17.7 Å². The summed E-state index contributed by atoms with van der Waals surface area (Å²) in [5.74, 6) is -1.03. The lowest BCUT2D eigenvalue weighted by molar-refractivity contribution is 0.0507. The molecule has 4 amide bonds. The molecule has 8 nitrogen and oxygen atoms in total. The summed E-state index contributed by atoms with van der Waals surface area (Å²) in [5.41, 5.74) is 0.259. The van der Waals surface area contributed by atoms with E-state index in [0.29, 0.717) is 37.1 Å². The Kier molecular flexibility index (Phi) is 5.96. The molecule has 2 aliphatic heterocycles. The van der Waals surface area contributed by atoms with Crippen LogP contribution in [0.2, 0.25) is 0 Å². The lowest BCUT2D eigenvalue weighted by Gasteiger charge is -2.31. The van der Waals surface area contributed by atoms with Crippen LogP contribution in [0.25, 0.3) is 0 Å². The van der Waals surface area contributed by atoms with Crippen molar-refractivity contribution < 1.29 is 23.9 Å². The molecule has 1 N–H and O–H groups in total. The second-order valence-electron chi connectivity index (χ2n) is 8.48. The predicted octanol–water partition coefficient (Wildman–Crippen LogP) is 2.60. The first-order valence-corrected chi connectivity index (χ1v) is 10.00. The van der Waals surface area contributed by atoms with Crippen molar-refractivity contribution in [2.24, 2.45) is 0 Å². The highest BCUT2D eigenvalue weighted by atomic mass is 16.6. The SMILES string of the molecule is C=CCOC(=O)N1CCC(NC(=O)c2ccc3c(c2)C(=O)N(C(C)(C)C)C3=O)CC1. The maximum absolute atomic E-state index is 12.7. The summed E-state index contributed by atoms with van der Waals surface area (Å²) in [7, 11) is 0. The van der Waals surface area contributed by atoms with Crippen LogP contribution >= 0.6 is 0 Å². The summed E-state index contributed by atoms with van der Waals surface area (Å²) in [6.45, 7) is 10.0. The Morgan fingerprint density at radius 3 is 2.40 bits per heavy atom. The standard InChI is InChI=1S/C22H27N3O5/c1-5-12-30-21(29)24-10-8-15(9-11-24)23-18(26)14-6-7-16-17(13-14)20(28)25(19(16)27)22(2,3)4/h5-7,13,15H,1,8-12H2,2-4H3,(H,23,26). The fourth-order valence-corrected chi connectivity index (χ4v) is 3.69. The molecule has 0 unspecified atom stereocenters. The number of carbonyl (C=O) groups excluding carboxylic acids is 4. The van der Waals surface area contributed by atoms with Gasteiger partial charge in [-0.3, -0.25) is 19.3 Å². The summed E-state index contributed by atoms with van der Waals surface area (Å²) in [4.78, 5) is 52.7. The third-order valence-electron chi connectivity index (χ3n) is 5.23. The smallest absolute Gasteiger partial charge is 0.410 e. The summed E-state index contributed by atoms with van der Waals surface area (Å²) < 4.78 is 5.03. The number of nitrogens with one attached hydrogen (secondary N) is 1. The molecular weight excluding hydrogens is 386 g/mol. The molecule has 2 heterocycles. The Morgan fingerprint density at radius 2 is 1.80 bits per heavy atom. The first-order valence-electron chi connectivity index (χ1n) is 10.00. The summed E-state index contributed by atoms with van der Waals surface area (Å²) >= 11 is 0. The number of carbonyl (C=O) groups is 4. The molecule has 1 aromatic carbocycles. The molecule has 1 aromatic rings. The second-order valence-corrected chi connectivity index (χ2v) is 8.48. The molecule has 0 spiro atoms. The van der Waals surface area contributed by atoms with Gasteiger partial charge in [0.05, 0.1) is 11.1 Å². The van der Waals surface area contributed by atoms with Crippen molar-refractivity contribution in [1.29, 1.82) is 0 Å². The lowest BCUT2D eigenvalue weighted by atomic mass is 10.0. The molecule has 0 saturated carbocycles. The molecule has 0 atom stereocenters. The van der Waals surface area contributed by atoms with E-state index in [2.05, 4.69) is 11.9 Å². The van der Waals surface area contributed by atoms with Crippen LogP contribution in [0.4, 0.5) is 4.79 Å². The Hall–Kier alpha value is -3.16. The molecule has 0 bridgehead atoms. The van der Waals surface area contributed by atoms with Gasteiger partial charge in [-0.25, -0.2) is 4.79 Å². The number of fused-ring (bicyclic) bond motifs is 1. The van der Waals surface area contributed by atoms with Crippen LogP contribution in [0, 0.1) is 0 Å². The monoisotopic (exact) mass is 413 g/mol. The van der Waals surface area contributed by atoms with E-state index in [9.17, 15) is 19.2 Å². The number of rotatable bonds is 4. The van der Waals surface area contributed by atoms with Crippen molar-refractivity contribution in [3.05, 3.63) is 47.5 Å². The van der Waals surface area contributed by atoms with Gasteiger partial charge < -0.3 is 15.0 Å². The third-order valence-corrected chi connectivity index (χ3v) is 5.23. The number of benzene rings is 1. The van der Waals surface area contributed by atoms with Crippen LogP contribution in [0.15, 0.2) is 30.9 Å². The molecule has 1 saturated heterocycles. The van der Waals surface area contributed by atoms with E-state index in [1.165, 1.54) is 23.1 Å². The zero-order chi connectivity index (χ0) is 22.1. The molecule has 160 valence electrons. The van der Waals surface area contributed by atoms with Crippen LogP contribution in [-0.4, -0.2) is 64.9 Å². The Labute approximate surface area is 175 Å². The van der Waals surface area contributed by atoms with Crippen LogP contribution in [0.1, 0.15) is 64.7 Å². The van der Waals surface area contributed by atoms with Gasteiger partial charge in [0.1, 0.15) is 6.61 Å². The van der Waals surface area contributed by atoms with Crippen LogP contribution in [0.5, 0.6) is 0 Å². The average molecular weight is 413 g/mol. The minimum absolute atomic E-state index is 0.0855. The molecular formula is C22H27N3O5. The molecule has 0 aliphatic carbocycles. The van der Waals surface area contributed by atoms with Gasteiger partial charge in [0.15, 0.2) is 0 Å². The van der Waals surface area contributed by atoms with Crippen molar-refractivity contribution in [2.75, 3.05) is 19.7 Å². The van der Waals surface area contributed by atoms with Gasteiger partial charge >= 0.3 is 6.09 Å². The first-order chi connectivity index (χ1) is 14.1. The maximum Gasteiger partial charge on any atom is 0.410 e. The number of piperidine rings is 1. The van der Waals surface area contributed by atoms with E-state index in [1.807, 2.05) is 0 Å².